The molecule has 0 fully saturated rings. The van der Waals surface area contributed by atoms with E-state index in [1.54, 1.807) is 50.6 Å². The van der Waals surface area contributed by atoms with E-state index in [4.69, 9.17) is 41.9 Å². The van der Waals surface area contributed by atoms with Gasteiger partial charge in [-0.1, -0.05) is 28.4 Å². The maximum Gasteiger partial charge on any atom is 0.225 e. The predicted octanol–water partition coefficient (Wildman–Crippen LogP) is 5.19. The van der Waals surface area contributed by atoms with Crippen molar-refractivity contribution in [3.05, 3.63) is 58.5 Å². The molecule has 0 aliphatic rings. The molecule has 148 valence electrons. The van der Waals surface area contributed by atoms with Gasteiger partial charge >= 0.3 is 0 Å². The molecule has 2 heterocycles. The normalized spacial score (nSPS) is 10.9. The molecule has 0 aliphatic carbocycles. The van der Waals surface area contributed by atoms with Crippen LogP contribution in [0.5, 0.6) is 17.4 Å². The molecule has 0 amide bonds. The number of nitrogens with zero attached hydrogens (tertiary/aromatic N) is 3. The van der Waals surface area contributed by atoms with Crippen LogP contribution in [-0.4, -0.2) is 29.3 Å². The highest BCUT2D eigenvalue weighted by Crippen LogP contribution is 2.35. The highest BCUT2D eigenvalue weighted by Gasteiger charge is 2.14. The molecule has 0 spiro atoms. The van der Waals surface area contributed by atoms with Gasteiger partial charge in [-0.05, 0) is 24.3 Å². The van der Waals surface area contributed by atoms with Crippen molar-refractivity contribution < 1.29 is 18.7 Å². The number of aromatic nitrogens is 3. The van der Waals surface area contributed by atoms with Crippen molar-refractivity contribution in [1.82, 2.24) is 15.1 Å². The van der Waals surface area contributed by atoms with E-state index in [1.165, 1.54) is 6.33 Å². The zero-order valence-corrected chi connectivity index (χ0v) is 17.0. The van der Waals surface area contributed by atoms with Gasteiger partial charge in [0.15, 0.2) is 23.9 Å². The zero-order valence-electron chi connectivity index (χ0n) is 15.5. The van der Waals surface area contributed by atoms with Crippen LogP contribution in [-0.2, 0) is 6.61 Å². The molecule has 2 aromatic heterocycles. The first-order valence-corrected chi connectivity index (χ1v) is 9.25. The molecule has 0 saturated heterocycles. The summed E-state index contributed by atoms with van der Waals surface area (Å²) < 4.78 is 21.9. The third-order valence-corrected chi connectivity index (χ3v) is 4.77. The summed E-state index contributed by atoms with van der Waals surface area (Å²) in [6.45, 7) is 0.124. The van der Waals surface area contributed by atoms with E-state index >= 15 is 0 Å². The third kappa shape index (κ3) is 3.92. The number of hydrogen-bond donors (Lipinski definition) is 0. The maximum atomic E-state index is 6.23. The first-order valence-electron chi connectivity index (χ1n) is 8.49. The van der Waals surface area contributed by atoms with E-state index < -0.39 is 0 Å². The molecular formula is C20H15Cl2N3O4. The van der Waals surface area contributed by atoms with Crippen LogP contribution >= 0.6 is 23.2 Å². The average Bonchev–Trinajstić information content (AvgIpc) is 3.19. The Morgan fingerprint density at radius 2 is 1.76 bits per heavy atom. The highest BCUT2D eigenvalue weighted by atomic mass is 35.5. The standard InChI is InChI=1S/C20H15Cl2N3O4/c1-26-18-7-14-16(8-19(18)27-2)23-10-24-20(14)28-9-12-6-17(25-29-12)13-4-3-11(21)5-15(13)22/h3-8,10H,9H2,1-2H3. The van der Waals surface area contributed by atoms with Gasteiger partial charge in [0, 0.05) is 22.7 Å². The second-order valence-electron chi connectivity index (χ2n) is 5.99. The third-order valence-electron chi connectivity index (χ3n) is 4.22. The molecule has 29 heavy (non-hydrogen) atoms. The Balaban J connectivity index is 1.58. The summed E-state index contributed by atoms with van der Waals surface area (Å²) in [4.78, 5) is 8.47. The van der Waals surface area contributed by atoms with Crippen molar-refractivity contribution >= 4 is 34.1 Å². The van der Waals surface area contributed by atoms with Gasteiger partial charge in [-0.3, -0.25) is 0 Å². The number of ether oxygens (including phenoxy) is 3. The molecule has 0 saturated carbocycles. The Kier molecular flexibility index (Phi) is 5.42. The van der Waals surface area contributed by atoms with Crippen molar-refractivity contribution in [3.8, 4) is 28.6 Å². The molecule has 0 bridgehead atoms. The van der Waals surface area contributed by atoms with Crippen LogP contribution in [0.3, 0.4) is 0 Å². The monoisotopic (exact) mass is 431 g/mol. The number of hydrogen-bond acceptors (Lipinski definition) is 7. The summed E-state index contributed by atoms with van der Waals surface area (Å²) >= 11 is 12.2. The van der Waals surface area contributed by atoms with Crippen molar-refractivity contribution in [1.29, 1.82) is 0 Å². The van der Waals surface area contributed by atoms with Crippen LogP contribution in [0, 0.1) is 0 Å². The summed E-state index contributed by atoms with van der Waals surface area (Å²) in [7, 11) is 3.13. The van der Waals surface area contributed by atoms with Gasteiger partial charge in [0.25, 0.3) is 0 Å². The van der Waals surface area contributed by atoms with Crippen LogP contribution in [0.4, 0.5) is 0 Å². The Labute approximate surface area is 176 Å². The molecule has 7 nitrogen and oxygen atoms in total. The minimum Gasteiger partial charge on any atom is -0.493 e. The fraction of sp³-hybridized carbons (Fsp3) is 0.150. The van der Waals surface area contributed by atoms with Crippen molar-refractivity contribution in [2.75, 3.05) is 14.2 Å². The minimum atomic E-state index is 0.124. The molecule has 9 heteroatoms. The number of rotatable bonds is 6. The van der Waals surface area contributed by atoms with Crippen LogP contribution in [0.2, 0.25) is 10.0 Å². The van der Waals surface area contributed by atoms with Gasteiger partial charge < -0.3 is 18.7 Å². The summed E-state index contributed by atoms with van der Waals surface area (Å²) in [6.07, 6.45) is 1.42. The summed E-state index contributed by atoms with van der Waals surface area (Å²) in [5.41, 5.74) is 1.97. The van der Waals surface area contributed by atoms with E-state index in [0.717, 1.165) is 5.56 Å². The smallest absolute Gasteiger partial charge is 0.225 e. The number of fused-ring (bicyclic) bond motifs is 1. The first-order chi connectivity index (χ1) is 14.1. The second kappa shape index (κ2) is 8.14. The molecule has 2 aromatic carbocycles. The molecule has 4 rings (SSSR count). The Hall–Kier alpha value is -3.03. The lowest BCUT2D eigenvalue weighted by Crippen LogP contribution is -1.99. The molecule has 0 radical (unpaired) electrons. The maximum absolute atomic E-state index is 6.23. The molecule has 0 unspecified atom stereocenters. The lowest BCUT2D eigenvalue weighted by atomic mass is 10.1. The lowest BCUT2D eigenvalue weighted by molar-refractivity contribution is 0.244. The first kappa shape index (κ1) is 19.3. The summed E-state index contributed by atoms with van der Waals surface area (Å²) in [5, 5.41) is 5.77. The zero-order chi connectivity index (χ0) is 20.4. The van der Waals surface area contributed by atoms with Gasteiger partial charge in [-0.15, -0.1) is 0 Å². The van der Waals surface area contributed by atoms with Crippen molar-refractivity contribution in [3.63, 3.8) is 0 Å². The van der Waals surface area contributed by atoms with E-state index in [9.17, 15) is 0 Å². The number of methoxy groups -OCH3 is 2. The Morgan fingerprint density at radius 1 is 0.966 bits per heavy atom. The SMILES string of the molecule is COc1cc2ncnc(OCc3cc(-c4ccc(Cl)cc4Cl)no3)c2cc1OC. The Bertz CT molecular complexity index is 1180. The highest BCUT2D eigenvalue weighted by molar-refractivity contribution is 6.36. The van der Waals surface area contributed by atoms with Crippen molar-refractivity contribution in [2.45, 2.75) is 6.61 Å². The average molecular weight is 432 g/mol. The summed E-state index contributed by atoms with van der Waals surface area (Å²) in [5.74, 6) is 2.03. The fourth-order valence-corrected chi connectivity index (χ4v) is 3.32. The van der Waals surface area contributed by atoms with E-state index in [1.807, 2.05) is 0 Å². The van der Waals surface area contributed by atoms with Crippen LogP contribution in [0.1, 0.15) is 5.76 Å². The van der Waals surface area contributed by atoms with E-state index in [2.05, 4.69) is 15.1 Å². The topological polar surface area (TPSA) is 79.5 Å². The molecule has 0 N–H and O–H groups in total. The lowest BCUT2D eigenvalue weighted by Gasteiger charge is -2.10. The number of halogens is 2. The van der Waals surface area contributed by atoms with Crippen LogP contribution in [0.15, 0.2) is 47.2 Å². The van der Waals surface area contributed by atoms with Crippen LogP contribution < -0.4 is 14.2 Å². The predicted molar refractivity (Wildman–Crippen MR) is 109 cm³/mol. The van der Waals surface area contributed by atoms with Gasteiger partial charge in [0.2, 0.25) is 5.88 Å². The molecule has 0 atom stereocenters. The van der Waals surface area contributed by atoms with E-state index in [0.29, 0.717) is 49.8 Å². The molecular weight excluding hydrogens is 417 g/mol. The van der Waals surface area contributed by atoms with Gasteiger partial charge in [0.05, 0.1) is 30.1 Å². The van der Waals surface area contributed by atoms with Gasteiger partial charge in [0.1, 0.15) is 12.0 Å². The minimum absolute atomic E-state index is 0.124. The molecule has 0 aliphatic heterocycles. The largest absolute Gasteiger partial charge is 0.493 e. The quantitative estimate of drug-likeness (QED) is 0.415. The van der Waals surface area contributed by atoms with Crippen LogP contribution in [0.25, 0.3) is 22.2 Å². The van der Waals surface area contributed by atoms with Gasteiger partial charge in [-0.25, -0.2) is 9.97 Å². The fourth-order valence-electron chi connectivity index (χ4n) is 2.82. The second-order valence-corrected chi connectivity index (χ2v) is 6.84. The van der Waals surface area contributed by atoms with Gasteiger partial charge in [-0.2, -0.15) is 0 Å². The Morgan fingerprint density at radius 3 is 2.52 bits per heavy atom. The number of benzene rings is 2. The summed E-state index contributed by atoms with van der Waals surface area (Å²) in [6, 6.07) is 10.5. The van der Waals surface area contributed by atoms with E-state index in [-0.39, 0.29) is 6.61 Å². The van der Waals surface area contributed by atoms with Crippen molar-refractivity contribution in [2.24, 2.45) is 0 Å². The molecule has 4 aromatic rings.